The van der Waals surface area contributed by atoms with Crippen molar-refractivity contribution in [1.82, 2.24) is 14.5 Å². The number of anilines is 1. The molecule has 0 atom stereocenters. The number of nitrogen functional groups attached to an aromatic ring is 1. The number of nitrogens with two attached hydrogens (primary N) is 1. The third-order valence-electron chi connectivity index (χ3n) is 2.76. The number of aromatic nitrogens is 3. The van der Waals surface area contributed by atoms with Crippen molar-refractivity contribution in [2.75, 3.05) is 5.73 Å². The van der Waals surface area contributed by atoms with Gasteiger partial charge in [0.15, 0.2) is 0 Å². The molecule has 1 aromatic carbocycles. The van der Waals surface area contributed by atoms with E-state index < -0.39 is 0 Å². The van der Waals surface area contributed by atoms with Gasteiger partial charge in [-0.2, -0.15) is 0 Å². The molecule has 3 rings (SSSR count). The van der Waals surface area contributed by atoms with Crippen LogP contribution in [0.1, 0.15) is 10.7 Å². The second-order valence-electron chi connectivity index (χ2n) is 4.18. The van der Waals surface area contributed by atoms with Crippen LogP contribution in [0.25, 0.3) is 11.0 Å². The van der Waals surface area contributed by atoms with Crippen LogP contribution in [-0.2, 0) is 6.54 Å². The van der Waals surface area contributed by atoms with Crippen LogP contribution in [0.15, 0.2) is 28.4 Å². The predicted molar refractivity (Wildman–Crippen MR) is 72.9 cm³/mol. The monoisotopic (exact) mass is 260 g/mol. The van der Waals surface area contributed by atoms with Gasteiger partial charge in [-0.15, -0.1) is 11.3 Å². The minimum atomic E-state index is -0.136. The zero-order chi connectivity index (χ0) is 12.7. The van der Waals surface area contributed by atoms with Crippen molar-refractivity contribution < 1.29 is 0 Å². The van der Waals surface area contributed by atoms with Crippen LogP contribution in [0.4, 0.5) is 5.69 Å². The van der Waals surface area contributed by atoms with Gasteiger partial charge in [-0.1, -0.05) is 0 Å². The zero-order valence-corrected chi connectivity index (χ0v) is 10.6. The molecule has 0 saturated carbocycles. The minimum absolute atomic E-state index is 0.136. The molecule has 3 aromatic rings. The lowest BCUT2D eigenvalue weighted by atomic mass is 10.3. The average Bonchev–Trinajstić information content (AvgIpc) is 2.84. The molecule has 0 aliphatic heterocycles. The summed E-state index contributed by atoms with van der Waals surface area (Å²) in [5.74, 6) is 0. The van der Waals surface area contributed by atoms with Crippen LogP contribution in [0.3, 0.4) is 0 Å². The summed E-state index contributed by atoms with van der Waals surface area (Å²) >= 11 is 1.56. The van der Waals surface area contributed by atoms with Gasteiger partial charge >= 0.3 is 5.69 Å². The molecule has 0 unspecified atom stereocenters. The van der Waals surface area contributed by atoms with E-state index in [1.807, 2.05) is 18.4 Å². The van der Waals surface area contributed by atoms with Gasteiger partial charge in [0, 0.05) is 16.8 Å². The molecule has 0 fully saturated rings. The van der Waals surface area contributed by atoms with Gasteiger partial charge in [0.05, 0.1) is 17.6 Å². The summed E-state index contributed by atoms with van der Waals surface area (Å²) in [7, 11) is 0. The van der Waals surface area contributed by atoms with Gasteiger partial charge < -0.3 is 10.7 Å². The topological polar surface area (TPSA) is 76.7 Å². The highest BCUT2D eigenvalue weighted by Gasteiger charge is 2.09. The van der Waals surface area contributed by atoms with E-state index in [4.69, 9.17) is 5.73 Å². The number of hydrogen-bond donors (Lipinski definition) is 2. The first-order chi connectivity index (χ1) is 8.63. The number of thiazole rings is 1. The molecular weight excluding hydrogens is 248 g/mol. The molecule has 0 spiro atoms. The number of imidazole rings is 1. The Hall–Kier alpha value is -2.08. The molecule has 0 radical (unpaired) electrons. The summed E-state index contributed by atoms with van der Waals surface area (Å²) < 4.78 is 1.67. The van der Waals surface area contributed by atoms with Gasteiger partial charge in [-0.25, -0.2) is 9.78 Å². The molecule has 0 aliphatic carbocycles. The van der Waals surface area contributed by atoms with E-state index >= 15 is 0 Å². The number of nitrogens with zero attached hydrogens (tertiary/aromatic N) is 2. The molecular formula is C12H12N4OS. The molecule has 2 aromatic heterocycles. The van der Waals surface area contributed by atoms with E-state index in [1.165, 1.54) is 0 Å². The van der Waals surface area contributed by atoms with Gasteiger partial charge in [0.2, 0.25) is 0 Å². The van der Waals surface area contributed by atoms with E-state index in [0.29, 0.717) is 12.2 Å². The summed E-state index contributed by atoms with van der Waals surface area (Å²) in [6, 6.07) is 5.41. The van der Waals surface area contributed by atoms with E-state index in [1.54, 1.807) is 28.0 Å². The summed E-state index contributed by atoms with van der Waals surface area (Å²) in [5.41, 5.74) is 8.79. The van der Waals surface area contributed by atoms with Gasteiger partial charge in [0.25, 0.3) is 0 Å². The molecule has 6 heteroatoms. The Labute approximate surface area is 107 Å². The second-order valence-corrected chi connectivity index (χ2v) is 5.12. The van der Waals surface area contributed by atoms with Crippen molar-refractivity contribution >= 4 is 28.1 Å². The molecule has 18 heavy (non-hydrogen) atoms. The van der Waals surface area contributed by atoms with Crippen molar-refractivity contribution in [2.24, 2.45) is 0 Å². The maximum atomic E-state index is 11.9. The quantitative estimate of drug-likeness (QED) is 0.689. The molecule has 92 valence electrons. The van der Waals surface area contributed by atoms with Crippen molar-refractivity contribution in [3.63, 3.8) is 0 Å². The number of aryl methyl sites for hydroxylation is 1. The number of benzene rings is 1. The summed E-state index contributed by atoms with van der Waals surface area (Å²) in [6.07, 6.45) is 0. The SMILES string of the molecule is Cc1csc(Cn2c(=O)[nH]c3cc(N)ccc32)n1. The fraction of sp³-hybridized carbons (Fsp3) is 0.167. The lowest BCUT2D eigenvalue weighted by Crippen LogP contribution is -2.17. The fourth-order valence-corrected chi connectivity index (χ4v) is 2.71. The van der Waals surface area contributed by atoms with Crippen LogP contribution >= 0.6 is 11.3 Å². The van der Waals surface area contributed by atoms with Gasteiger partial charge in [0.1, 0.15) is 5.01 Å². The molecule has 5 nitrogen and oxygen atoms in total. The van der Waals surface area contributed by atoms with Crippen molar-refractivity contribution in [3.8, 4) is 0 Å². The van der Waals surface area contributed by atoms with Gasteiger partial charge in [-0.3, -0.25) is 4.57 Å². The first-order valence-electron chi connectivity index (χ1n) is 5.52. The molecule has 2 heterocycles. The maximum absolute atomic E-state index is 11.9. The van der Waals surface area contributed by atoms with Crippen LogP contribution < -0.4 is 11.4 Å². The summed E-state index contributed by atoms with van der Waals surface area (Å²) in [4.78, 5) is 19.1. The standard InChI is InChI=1S/C12H12N4OS/c1-7-6-18-11(14-7)5-16-10-3-2-8(13)4-9(10)15-12(16)17/h2-4,6H,5,13H2,1H3,(H,15,17). The normalized spacial score (nSPS) is 11.2. The fourth-order valence-electron chi connectivity index (χ4n) is 1.95. The zero-order valence-electron chi connectivity index (χ0n) is 9.80. The van der Waals surface area contributed by atoms with E-state index in [-0.39, 0.29) is 5.69 Å². The number of H-pyrrole nitrogens is 1. The van der Waals surface area contributed by atoms with Gasteiger partial charge in [-0.05, 0) is 25.1 Å². The van der Waals surface area contributed by atoms with Crippen molar-refractivity contribution in [3.05, 3.63) is 44.8 Å². The maximum Gasteiger partial charge on any atom is 0.326 e. The Morgan fingerprint density at radius 2 is 2.33 bits per heavy atom. The smallest absolute Gasteiger partial charge is 0.326 e. The van der Waals surface area contributed by atoms with Crippen LogP contribution in [0.5, 0.6) is 0 Å². The minimum Gasteiger partial charge on any atom is -0.399 e. The van der Waals surface area contributed by atoms with E-state index in [0.717, 1.165) is 21.7 Å². The highest BCUT2D eigenvalue weighted by Crippen LogP contribution is 2.16. The first-order valence-corrected chi connectivity index (χ1v) is 6.40. The highest BCUT2D eigenvalue weighted by atomic mass is 32.1. The predicted octanol–water partition coefficient (Wildman–Crippen LogP) is 1.73. The van der Waals surface area contributed by atoms with E-state index in [9.17, 15) is 4.79 Å². The lowest BCUT2D eigenvalue weighted by molar-refractivity contribution is 0.778. The largest absolute Gasteiger partial charge is 0.399 e. The second kappa shape index (κ2) is 3.99. The Morgan fingerprint density at radius 1 is 1.50 bits per heavy atom. The average molecular weight is 260 g/mol. The molecule has 0 aliphatic rings. The Kier molecular flexibility index (Phi) is 2.45. The number of aromatic amines is 1. The van der Waals surface area contributed by atoms with E-state index in [2.05, 4.69) is 9.97 Å². The number of fused-ring (bicyclic) bond motifs is 1. The molecule has 0 saturated heterocycles. The van der Waals surface area contributed by atoms with Crippen LogP contribution in [-0.4, -0.2) is 14.5 Å². The third-order valence-corrected chi connectivity index (χ3v) is 3.71. The molecule has 0 amide bonds. The number of nitrogens with one attached hydrogen (secondary N) is 1. The van der Waals surface area contributed by atoms with Crippen molar-refractivity contribution in [1.29, 1.82) is 0 Å². The number of hydrogen-bond acceptors (Lipinski definition) is 4. The molecule has 3 N–H and O–H groups in total. The Bertz CT molecular complexity index is 768. The van der Waals surface area contributed by atoms with Crippen LogP contribution in [0, 0.1) is 6.92 Å². The molecule has 0 bridgehead atoms. The highest BCUT2D eigenvalue weighted by molar-refractivity contribution is 7.09. The Morgan fingerprint density at radius 3 is 3.06 bits per heavy atom. The Balaban J connectivity index is 2.11. The number of rotatable bonds is 2. The summed E-state index contributed by atoms with van der Waals surface area (Å²) in [5, 5.41) is 2.90. The first kappa shape index (κ1) is 11.0. The van der Waals surface area contributed by atoms with Crippen molar-refractivity contribution in [2.45, 2.75) is 13.5 Å². The lowest BCUT2D eigenvalue weighted by Gasteiger charge is -2.00. The third kappa shape index (κ3) is 1.80. The van der Waals surface area contributed by atoms with Crippen LogP contribution in [0.2, 0.25) is 0 Å². The summed E-state index contributed by atoms with van der Waals surface area (Å²) in [6.45, 7) is 2.43.